The van der Waals surface area contributed by atoms with Crippen molar-refractivity contribution in [2.24, 2.45) is 4.99 Å². The van der Waals surface area contributed by atoms with Crippen molar-refractivity contribution < 1.29 is 9.53 Å². The summed E-state index contributed by atoms with van der Waals surface area (Å²) in [5, 5.41) is 6.39. The number of nitrogens with zero attached hydrogens (tertiary/aromatic N) is 2. The first-order valence-electron chi connectivity index (χ1n) is 9.25. The standard InChI is InChI=1S/C18H38N4O2/c1-8-19-18(21-12-10-17(23)24-16(6)7)20-11-9-13-22(14(2)3)15(4)5/h14-16H,8-13H2,1-7H3,(H2,19,20,21). The highest BCUT2D eigenvalue weighted by Crippen LogP contribution is 2.05. The molecule has 0 rings (SSSR count). The van der Waals surface area contributed by atoms with E-state index in [-0.39, 0.29) is 12.1 Å². The molecule has 24 heavy (non-hydrogen) atoms. The molecule has 0 aliphatic heterocycles. The highest BCUT2D eigenvalue weighted by atomic mass is 16.5. The fraction of sp³-hybridized carbons (Fsp3) is 0.889. The van der Waals surface area contributed by atoms with Crippen LogP contribution in [-0.2, 0) is 9.53 Å². The van der Waals surface area contributed by atoms with Crippen LogP contribution in [0.25, 0.3) is 0 Å². The molecule has 6 heteroatoms. The van der Waals surface area contributed by atoms with Crippen LogP contribution in [0.1, 0.15) is 61.3 Å². The van der Waals surface area contributed by atoms with E-state index in [0.717, 1.165) is 32.0 Å². The fourth-order valence-electron chi connectivity index (χ4n) is 2.50. The molecular weight excluding hydrogens is 304 g/mol. The van der Waals surface area contributed by atoms with Gasteiger partial charge in [-0.25, -0.2) is 0 Å². The molecule has 0 unspecified atom stereocenters. The van der Waals surface area contributed by atoms with Gasteiger partial charge in [0.2, 0.25) is 0 Å². The van der Waals surface area contributed by atoms with E-state index in [4.69, 9.17) is 4.74 Å². The van der Waals surface area contributed by atoms with Crippen molar-refractivity contribution >= 4 is 11.9 Å². The first kappa shape index (κ1) is 22.7. The second kappa shape index (κ2) is 13.0. The summed E-state index contributed by atoms with van der Waals surface area (Å²) in [6.45, 7) is 17.8. The summed E-state index contributed by atoms with van der Waals surface area (Å²) in [5.41, 5.74) is 0. The molecule has 0 saturated carbocycles. The predicted molar refractivity (Wildman–Crippen MR) is 101 cm³/mol. The number of carbonyl (C=O) groups excluding carboxylic acids is 1. The maximum Gasteiger partial charge on any atom is 0.307 e. The molecule has 0 amide bonds. The summed E-state index contributed by atoms with van der Waals surface area (Å²) < 4.78 is 5.12. The van der Waals surface area contributed by atoms with Gasteiger partial charge in [-0.2, -0.15) is 0 Å². The number of ether oxygens (including phenoxy) is 1. The predicted octanol–water partition coefficient (Wildman–Crippen LogP) is 2.39. The third kappa shape index (κ3) is 11.3. The summed E-state index contributed by atoms with van der Waals surface area (Å²) in [6, 6.07) is 1.10. The number of aliphatic imine (C=N–C) groups is 1. The van der Waals surface area contributed by atoms with Gasteiger partial charge >= 0.3 is 5.97 Å². The maximum absolute atomic E-state index is 11.5. The van der Waals surface area contributed by atoms with Gasteiger partial charge in [-0.05, 0) is 54.9 Å². The van der Waals surface area contributed by atoms with Gasteiger partial charge < -0.3 is 15.4 Å². The zero-order valence-electron chi connectivity index (χ0n) is 16.7. The average molecular weight is 343 g/mol. The van der Waals surface area contributed by atoms with Crippen LogP contribution in [0.4, 0.5) is 0 Å². The van der Waals surface area contributed by atoms with Crippen molar-refractivity contribution in [3.63, 3.8) is 0 Å². The van der Waals surface area contributed by atoms with Crippen molar-refractivity contribution in [2.75, 3.05) is 26.2 Å². The number of esters is 1. The normalized spacial score (nSPS) is 12.4. The van der Waals surface area contributed by atoms with Crippen LogP contribution in [-0.4, -0.2) is 61.2 Å². The van der Waals surface area contributed by atoms with E-state index >= 15 is 0 Å². The van der Waals surface area contributed by atoms with Crippen molar-refractivity contribution in [2.45, 2.75) is 79.5 Å². The highest BCUT2D eigenvalue weighted by Gasteiger charge is 2.12. The Labute approximate surface area is 148 Å². The molecule has 6 nitrogen and oxygen atoms in total. The summed E-state index contributed by atoms with van der Waals surface area (Å²) >= 11 is 0. The van der Waals surface area contributed by atoms with Crippen LogP contribution in [0.15, 0.2) is 4.99 Å². The van der Waals surface area contributed by atoms with E-state index < -0.39 is 0 Å². The van der Waals surface area contributed by atoms with Crippen molar-refractivity contribution in [3.05, 3.63) is 0 Å². The fourth-order valence-corrected chi connectivity index (χ4v) is 2.50. The largest absolute Gasteiger partial charge is 0.463 e. The molecule has 142 valence electrons. The van der Waals surface area contributed by atoms with Crippen molar-refractivity contribution in [3.8, 4) is 0 Å². The molecule has 0 aromatic carbocycles. The molecule has 0 radical (unpaired) electrons. The third-order valence-corrected chi connectivity index (χ3v) is 3.50. The van der Waals surface area contributed by atoms with Crippen LogP contribution in [0.2, 0.25) is 0 Å². The molecule has 2 N–H and O–H groups in total. The Morgan fingerprint density at radius 2 is 1.71 bits per heavy atom. The lowest BCUT2D eigenvalue weighted by atomic mass is 10.2. The Kier molecular flexibility index (Phi) is 12.3. The second-order valence-corrected chi connectivity index (χ2v) is 6.75. The molecule has 0 aromatic rings. The van der Waals surface area contributed by atoms with Crippen LogP contribution >= 0.6 is 0 Å². The minimum Gasteiger partial charge on any atom is -0.463 e. The molecule has 0 spiro atoms. The van der Waals surface area contributed by atoms with Gasteiger partial charge in [0.15, 0.2) is 5.96 Å². The summed E-state index contributed by atoms with van der Waals surface area (Å²) in [7, 11) is 0. The smallest absolute Gasteiger partial charge is 0.307 e. The Hall–Kier alpha value is -1.30. The molecule has 0 atom stereocenters. The first-order chi connectivity index (χ1) is 11.3. The molecule has 0 aliphatic rings. The molecular formula is C18H38N4O2. The van der Waals surface area contributed by atoms with Gasteiger partial charge in [0.1, 0.15) is 0 Å². The number of hydrogen-bond acceptors (Lipinski definition) is 4. The Morgan fingerprint density at radius 3 is 2.21 bits per heavy atom. The van der Waals surface area contributed by atoms with Gasteiger partial charge in [-0.1, -0.05) is 0 Å². The van der Waals surface area contributed by atoms with E-state index in [1.54, 1.807) is 0 Å². The molecule has 0 aromatic heterocycles. The number of carbonyl (C=O) groups is 1. The summed E-state index contributed by atoms with van der Waals surface area (Å²) in [5.74, 6) is 0.577. The first-order valence-corrected chi connectivity index (χ1v) is 9.25. The van der Waals surface area contributed by atoms with Crippen LogP contribution in [0.5, 0.6) is 0 Å². The zero-order valence-corrected chi connectivity index (χ0v) is 16.7. The van der Waals surface area contributed by atoms with Gasteiger partial charge in [0.25, 0.3) is 0 Å². The molecule has 0 aliphatic carbocycles. The second-order valence-electron chi connectivity index (χ2n) is 6.75. The minimum atomic E-state index is -0.183. The Morgan fingerprint density at radius 1 is 1.08 bits per heavy atom. The van der Waals surface area contributed by atoms with Crippen molar-refractivity contribution in [1.29, 1.82) is 0 Å². The Bertz CT molecular complexity index is 360. The van der Waals surface area contributed by atoms with E-state index in [1.807, 2.05) is 20.8 Å². The topological polar surface area (TPSA) is 66.0 Å². The lowest BCUT2D eigenvalue weighted by molar-refractivity contribution is -0.147. The molecule has 0 saturated heterocycles. The van der Waals surface area contributed by atoms with Crippen LogP contribution in [0.3, 0.4) is 0 Å². The maximum atomic E-state index is 11.5. The number of guanidine groups is 1. The third-order valence-electron chi connectivity index (χ3n) is 3.50. The molecule has 0 heterocycles. The minimum absolute atomic E-state index is 0.0655. The lowest BCUT2D eigenvalue weighted by Crippen LogP contribution is -2.39. The summed E-state index contributed by atoms with van der Waals surface area (Å²) in [6.07, 6.45) is 1.30. The lowest BCUT2D eigenvalue weighted by Gasteiger charge is -2.30. The van der Waals surface area contributed by atoms with Crippen molar-refractivity contribution in [1.82, 2.24) is 15.5 Å². The highest BCUT2D eigenvalue weighted by molar-refractivity contribution is 5.80. The van der Waals surface area contributed by atoms with E-state index in [1.165, 1.54) is 0 Å². The quantitative estimate of drug-likeness (QED) is 0.261. The number of rotatable bonds is 11. The number of nitrogens with one attached hydrogen (secondary N) is 2. The van der Waals surface area contributed by atoms with Gasteiger partial charge in [0.05, 0.1) is 12.5 Å². The van der Waals surface area contributed by atoms with Crippen LogP contribution < -0.4 is 10.6 Å². The summed E-state index contributed by atoms with van der Waals surface area (Å²) in [4.78, 5) is 18.6. The Balaban J connectivity index is 4.21. The molecule has 0 fully saturated rings. The van der Waals surface area contributed by atoms with Gasteiger partial charge in [-0.15, -0.1) is 0 Å². The number of hydrogen-bond donors (Lipinski definition) is 2. The molecule has 0 bridgehead atoms. The zero-order chi connectivity index (χ0) is 18.5. The average Bonchev–Trinajstić information content (AvgIpc) is 2.45. The SMILES string of the molecule is CCNC(=NCCCN(C(C)C)C(C)C)NCCC(=O)OC(C)C. The monoisotopic (exact) mass is 342 g/mol. The van der Waals surface area contributed by atoms with Crippen LogP contribution in [0, 0.1) is 0 Å². The van der Waals surface area contributed by atoms with E-state index in [0.29, 0.717) is 25.0 Å². The van der Waals surface area contributed by atoms with Gasteiger partial charge in [-0.3, -0.25) is 14.7 Å². The van der Waals surface area contributed by atoms with Gasteiger partial charge in [0, 0.05) is 38.3 Å². The van der Waals surface area contributed by atoms with E-state index in [9.17, 15) is 4.79 Å². The van der Waals surface area contributed by atoms with E-state index in [2.05, 4.69) is 48.2 Å².